The molecule has 0 spiro atoms. The number of nitrogens with one attached hydrogen (secondary N) is 1. The smallest absolute Gasteiger partial charge is 0.241 e. The normalized spacial score (nSPS) is 23.4. The van der Waals surface area contributed by atoms with Gasteiger partial charge in [0.2, 0.25) is 11.8 Å². The minimum Gasteiger partial charge on any atom is -0.347 e. The Bertz CT molecular complexity index is 258. The first-order valence-electron chi connectivity index (χ1n) is 5.24. The fourth-order valence-corrected chi connectivity index (χ4v) is 1.72. The van der Waals surface area contributed by atoms with Crippen LogP contribution in [0.1, 0.15) is 19.3 Å². The molecule has 6 heteroatoms. The summed E-state index contributed by atoms with van der Waals surface area (Å²) in [5.74, 6) is -0.140. The lowest BCUT2D eigenvalue weighted by Gasteiger charge is -2.13. The van der Waals surface area contributed by atoms with Crippen LogP contribution in [-0.4, -0.2) is 43.4 Å². The second-order valence-electron chi connectivity index (χ2n) is 4.28. The average molecular weight is 250 g/mol. The first-order valence-corrected chi connectivity index (χ1v) is 5.24. The van der Waals surface area contributed by atoms with Crippen molar-refractivity contribution in [1.29, 1.82) is 0 Å². The second-order valence-corrected chi connectivity index (χ2v) is 4.28. The summed E-state index contributed by atoms with van der Waals surface area (Å²) >= 11 is 0. The fraction of sp³-hybridized carbons (Fsp3) is 0.800. The highest BCUT2D eigenvalue weighted by Gasteiger charge is 2.27. The molecular formula is C10H20ClN3O2. The molecule has 1 rings (SSSR count). The predicted molar refractivity (Wildman–Crippen MR) is 64.3 cm³/mol. The maximum atomic E-state index is 11.6. The van der Waals surface area contributed by atoms with Crippen molar-refractivity contribution in [1.82, 2.24) is 10.2 Å². The average Bonchev–Trinajstić information content (AvgIpc) is 2.60. The topological polar surface area (TPSA) is 75.4 Å². The summed E-state index contributed by atoms with van der Waals surface area (Å²) in [5, 5.41) is 2.64. The van der Waals surface area contributed by atoms with Crippen LogP contribution < -0.4 is 11.1 Å². The number of nitrogens with two attached hydrogens (primary N) is 1. The molecule has 1 fully saturated rings. The molecule has 0 aromatic rings. The number of carbonyl (C=O) groups is 2. The first-order chi connectivity index (χ1) is 7.00. The van der Waals surface area contributed by atoms with Crippen molar-refractivity contribution < 1.29 is 9.59 Å². The summed E-state index contributed by atoms with van der Waals surface area (Å²) in [4.78, 5) is 24.3. The number of carbonyl (C=O) groups excluding carboxylic acids is 2. The van der Waals surface area contributed by atoms with Crippen LogP contribution in [0.4, 0.5) is 0 Å². The number of halogens is 1. The van der Waals surface area contributed by atoms with Gasteiger partial charge in [0.1, 0.15) is 0 Å². The van der Waals surface area contributed by atoms with Crippen LogP contribution in [0.2, 0.25) is 0 Å². The maximum Gasteiger partial charge on any atom is 0.241 e. The molecule has 5 nitrogen and oxygen atoms in total. The Morgan fingerprint density at radius 1 is 1.38 bits per heavy atom. The Morgan fingerprint density at radius 2 is 2.00 bits per heavy atom. The molecule has 94 valence electrons. The highest BCUT2D eigenvalue weighted by Crippen LogP contribution is 2.23. The molecule has 0 heterocycles. The van der Waals surface area contributed by atoms with Crippen LogP contribution in [0.5, 0.6) is 0 Å². The lowest BCUT2D eigenvalue weighted by molar-refractivity contribution is -0.132. The van der Waals surface area contributed by atoms with E-state index >= 15 is 0 Å². The van der Waals surface area contributed by atoms with Crippen molar-refractivity contribution in [3.63, 3.8) is 0 Å². The van der Waals surface area contributed by atoms with Crippen LogP contribution in [-0.2, 0) is 9.59 Å². The number of likely N-dealkylation sites (N-methyl/N-ethyl adjacent to an activating group) is 1. The minimum atomic E-state index is -0.0920. The van der Waals surface area contributed by atoms with E-state index in [1.165, 1.54) is 4.90 Å². The monoisotopic (exact) mass is 249 g/mol. The third kappa shape index (κ3) is 4.37. The summed E-state index contributed by atoms with van der Waals surface area (Å²) in [6, 6.07) is 0.144. The zero-order chi connectivity index (χ0) is 11.4. The summed E-state index contributed by atoms with van der Waals surface area (Å²) in [6.45, 7) is 0.0809. The van der Waals surface area contributed by atoms with E-state index in [0.717, 1.165) is 19.3 Å². The van der Waals surface area contributed by atoms with Gasteiger partial charge in [-0.15, -0.1) is 12.4 Å². The second kappa shape index (κ2) is 6.70. The molecule has 16 heavy (non-hydrogen) atoms. The standard InChI is InChI=1S/C10H19N3O2.ClH/c1-13(2)9(14)6-12-10(15)7-3-4-8(11)5-7;/h7-8H,3-6,11H2,1-2H3,(H,12,15);1H. The van der Waals surface area contributed by atoms with E-state index in [1.54, 1.807) is 14.1 Å². The third-order valence-electron chi connectivity index (χ3n) is 2.76. The van der Waals surface area contributed by atoms with E-state index in [0.29, 0.717) is 0 Å². The Balaban J connectivity index is 0.00000225. The molecule has 1 aliphatic carbocycles. The van der Waals surface area contributed by atoms with Crippen molar-refractivity contribution in [3.05, 3.63) is 0 Å². The van der Waals surface area contributed by atoms with Gasteiger partial charge in [0.05, 0.1) is 6.54 Å². The molecule has 0 aromatic carbocycles. The summed E-state index contributed by atoms with van der Waals surface area (Å²) in [5.41, 5.74) is 5.71. The Hall–Kier alpha value is -0.810. The summed E-state index contributed by atoms with van der Waals surface area (Å²) < 4.78 is 0. The molecular weight excluding hydrogens is 230 g/mol. The number of amides is 2. The van der Waals surface area contributed by atoms with Gasteiger partial charge in [0.25, 0.3) is 0 Å². The fourth-order valence-electron chi connectivity index (χ4n) is 1.72. The zero-order valence-corrected chi connectivity index (χ0v) is 10.5. The molecule has 3 N–H and O–H groups in total. The lowest BCUT2D eigenvalue weighted by atomic mass is 10.1. The zero-order valence-electron chi connectivity index (χ0n) is 9.73. The SMILES string of the molecule is CN(C)C(=O)CNC(=O)C1CCC(N)C1.Cl. The molecule has 0 bridgehead atoms. The molecule has 2 amide bonds. The number of hydrogen-bond acceptors (Lipinski definition) is 3. The van der Waals surface area contributed by atoms with E-state index in [-0.39, 0.29) is 42.7 Å². The molecule has 2 atom stereocenters. The van der Waals surface area contributed by atoms with Crippen molar-refractivity contribution >= 4 is 24.2 Å². The number of rotatable bonds is 3. The summed E-state index contributed by atoms with van der Waals surface area (Å²) in [6.07, 6.45) is 2.48. The molecule has 0 radical (unpaired) electrons. The van der Waals surface area contributed by atoms with Crippen LogP contribution >= 0.6 is 12.4 Å². The molecule has 1 aliphatic rings. The Labute approximate surface area is 102 Å². The van der Waals surface area contributed by atoms with Crippen molar-refractivity contribution in [2.45, 2.75) is 25.3 Å². The third-order valence-corrected chi connectivity index (χ3v) is 2.76. The largest absolute Gasteiger partial charge is 0.347 e. The van der Waals surface area contributed by atoms with Crippen molar-refractivity contribution in [2.24, 2.45) is 11.7 Å². The van der Waals surface area contributed by atoms with Gasteiger partial charge in [-0.1, -0.05) is 0 Å². The quantitative estimate of drug-likeness (QED) is 0.724. The van der Waals surface area contributed by atoms with E-state index in [9.17, 15) is 9.59 Å². The van der Waals surface area contributed by atoms with E-state index < -0.39 is 0 Å². The van der Waals surface area contributed by atoms with Crippen LogP contribution in [0.15, 0.2) is 0 Å². The lowest BCUT2D eigenvalue weighted by Crippen LogP contribution is -2.38. The van der Waals surface area contributed by atoms with Gasteiger partial charge in [0.15, 0.2) is 0 Å². The highest BCUT2D eigenvalue weighted by atomic mass is 35.5. The van der Waals surface area contributed by atoms with Gasteiger partial charge in [-0.25, -0.2) is 0 Å². The van der Waals surface area contributed by atoms with Crippen LogP contribution in [0.25, 0.3) is 0 Å². The van der Waals surface area contributed by atoms with Gasteiger partial charge in [0, 0.05) is 26.1 Å². The predicted octanol–water partition coefficient (Wildman–Crippen LogP) is -0.260. The molecule has 2 unspecified atom stereocenters. The Morgan fingerprint density at radius 3 is 2.44 bits per heavy atom. The van der Waals surface area contributed by atoms with E-state index in [2.05, 4.69) is 5.32 Å². The van der Waals surface area contributed by atoms with Crippen molar-refractivity contribution in [3.8, 4) is 0 Å². The molecule has 1 saturated carbocycles. The number of hydrogen-bond donors (Lipinski definition) is 2. The van der Waals surface area contributed by atoms with Crippen LogP contribution in [0, 0.1) is 5.92 Å². The van der Waals surface area contributed by atoms with Crippen molar-refractivity contribution in [2.75, 3.05) is 20.6 Å². The van der Waals surface area contributed by atoms with Crippen LogP contribution in [0.3, 0.4) is 0 Å². The molecule has 0 aliphatic heterocycles. The minimum absolute atomic E-state index is 0. The first kappa shape index (κ1) is 15.2. The molecule has 0 saturated heterocycles. The van der Waals surface area contributed by atoms with Gasteiger partial charge in [-0.3, -0.25) is 9.59 Å². The van der Waals surface area contributed by atoms with E-state index in [4.69, 9.17) is 5.73 Å². The van der Waals surface area contributed by atoms with Gasteiger partial charge in [-0.05, 0) is 19.3 Å². The highest BCUT2D eigenvalue weighted by molar-refractivity contribution is 5.86. The van der Waals surface area contributed by atoms with E-state index in [1.807, 2.05) is 0 Å². The van der Waals surface area contributed by atoms with Gasteiger partial charge >= 0.3 is 0 Å². The Kier molecular flexibility index (Phi) is 6.36. The molecule has 0 aromatic heterocycles. The summed E-state index contributed by atoms with van der Waals surface area (Å²) in [7, 11) is 3.33. The maximum absolute atomic E-state index is 11.6. The van der Waals surface area contributed by atoms with Gasteiger partial charge < -0.3 is 16.0 Å². The number of nitrogens with zero attached hydrogens (tertiary/aromatic N) is 1. The van der Waals surface area contributed by atoms with Gasteiger partial charge in [-0.2, -0.15) is 0 Å².